The van der Waals surface area contributed by atoms with Crippen LogP contribution in [0.4, 0.5) is 21.3 Å². The minimum atomic E-state index is -1.39. The number of nitrogens with zero attached hydrogens (tertiary/aromatic N) is 1. The second-order valence-electron chi connectivity index (χ2n) is 6.35. The first-order chi connectivity index (χ1) is 12.1. The Hall–Kier alpha value is -2.53. The molecule has 2 aromatic rings. The van der Waals surface area contributed by atoms with Crippen molar-refractivity contribution in [1.82, 2.24) is 4.98 Å². The van der Waals surface area contributed by atoms with Crippen molar-refractivity contribution >= 4 is 39.8 Å². The maximum Gasteiger partial charge on any atom is 0.413 e. The van der Waals surface area contributed by atoms with Gasteiger partial charge in [0.25, 0.3) is 5.91 Å². The highest BCUT2D eigenvalue weighted by Gasteiger charge is 2.21. The molecular weight excluding hydrogens is 360 g/mol. The zero-order chi connectivity index (χ0) is 19.5. The third-order valence-electron chi connectivity index (χ3n) is 3.01. The quantitative estimate of drug-likeness (QED) is 0.700. The van der Waals surface area contributed by atoms with Crippen LogP contribution in [0.25, 0.3) is 0 Å². The Morgan fingerprint density at radius 2 is 1.85 bits per heavy atom. The molecule has 0 saturated heterocycles. The van der Waals surface area contributed by atoms with Crippen LogP contribution < -0.4 is 15.9 Å². The van der Waals surface area contributed by atoms with E-state index < -0.39 is 22.8 Å². The number of benzene rings is 1. The van der Waals surface area contributed by atoms with E-state index in [1.165, 1.54) is 18.2 Å². The highest BCUT2D eigenvalue weighted by Crippen LogP contribution is 2.25. The predicted molar refractivity (Wildman–Crippen MR) is 98.5 cm³/mol. The van der Waals surface area contributed by atoms with E-state index in [1.807, 2.05) is 0 Å². The van der Waals surface area contributed by atoms with Crippen LogP contribution in [0.1, 0.15) is 36.1 Å². The molecule has 10 heteroatoms. The first-order valence-corrected chi connectivity index (χ1v) is 8.47. The molecule has 0 atom stereocenters. The molecule has 9 nitrogen and oxygen atoms in total. The molecule has 1 heterocycles. The molecule has 2 rings (SSSR count). The molecular formula is C16H19N4O5S-. The summed E-state index contributed by atoms with van der Waals surface area (Å²) < 4.78 is 5.13. The number of rotatable bonds is 4. The van der Waals surface area contributed by atoms with Crippen LogP contribution in [-0.4, -0.2) is 22.6 Å². The van der Waals surface area contributed by atoms with Crippen molar-refractivity contribution in [2.75, 3.05) is 10.6 Å². The van der Waals surface area contributed by atoms with Crippen LogP contribution in [0, 0.1) is 17.3 Å². The average Bonchev–Trinajstić information content (AvgIpc) is 2.86. The average molecular weight is 379 g/mol. The maximum atomic E-state index is 12.4. The predicted octanol–water partition coefficient (Wildman–Crippen LogP) is 2.56. The molecule has 0 saturated carbocycles. The van der Waals surface area contributed by atoms with Crippen LogP contribution in [0.5, 0.6) is 0 Å². The van der Waals surface area contributed by atoms with Gasteiger partial charge < -0.3 is 25.7 Å². The van der Waals surface area contributed by atoms with Gasteiger partial charge in [-0.2, -0.15) is 0 Å². The summed E-state index contributed by atoms with van der Waals surface area (Å²) in [6.45, 7) is 6.80. The molecule has 140 valence electrons. The van der Waals surface area contributed by atoms with Gasteiger partial charge in [-0.3, -0.25) is 10.1 Å². The Balaban J connectivity index is 2.14. The van der Waals surface area contributed by atoms with E-state index in [2.05, 4.69) is 15.6 Å². The zero-order valence-corrected chi connectivity index (χ0v) is 15.5. The molecule has 1 aromatic carbocycles. The van der Waals surface area contributed by atoms with Crippen molar-refractivity contribution in [3.63, 3.8) is 0 Å². The topological polar surface area (TPSA) is 131 Å². The fourth-order valence-corrected chi connectivity index (χ4v) is 2.85. The van der Waals surface area contributed by atoms with Crippen LogP contribution in [0.15, 0.2) is 24.3 Å². The largest absolute Gasteiger partial charge is 0.628 e. The fourth-order valence-electron chi connectivity index (χ4n) is 2.00. The van der Waals surface area contributed by atoms with Crippen molar-refractivity contribution in [1.29, 1.82) is 0 Å². The lowest BCUT2D eigenvalue weighted by atomic mass is 10.2. The molecule has 0 fully saturated rings. The summed E-state index contributed by atoms with van der Waals surface area (Å²) >= 11 is 0.957. The summed E-state index contributed by atoms with van der Waals surface area (Å²) in [6.07, 6.45) is -0.680. The number of quaternary nitrogens is 1. The standard InChI is InChI=1S/C16H19N4O5S/c1-9-12(26-14(17-9)19-15(22)25-16(2,3)4)13(21)18-10-7-5-6-8-11(10)20(23)24/h5-8,20H,1-4H3,(H,18,21)(H,17,19,22)/q-1. The van der Waals surface area contributed by atoms with Crippen molar-refractivity contribution in [2.45, 2.75) is 33.3 Å². The number of para-hydroxylation sites is 1. The van der Waals surface area contributed by atoms with Crippen molar-refractivity contribution in [3.8, 4) is 0 Å². The molecule has 26 heavy (non-hydrogen) atoms. The number of hydrogen-bond donors (Lipinski definition) is 3. The third-order valence-corrected chi connectivity index (χ3v) is 4.08. The minimum absolute atomic E-state index is 0.118. The molecule has 0 radical (unpaired) electrons. The highest BCUT2D eigenvalue weighted by molar-refractivity contribution is 7.17. The van der Waals surface area contributed by atoms with Gasteiger partial charge in [-0.05, 0) is 33.8 Å². The van der Waals surface area contributed by atoms with E-state index in [9.17, 15) is 20.0 Å². The second-order valence-corrected chi connectivity index (χ2v) is 7.35. The first-order valence-electron chi connectivity index (χ1n) is 7.66. The summed E-state index contributed by atoms with van der Waals surface area (Å²) in [5.74, 6) is -0.536. The molecule has 0 aliphatic heterocycles. The number of aryl methyl sites for hydroxylation is 1. The third kappa shape index (κ3) is 5.23. The number of hydrogen-bond acceptors (Lipinski definition) is 7. The summed E-state index contributed by atoms with van der Waals surface area (Å²) in [5.41, 5.74) is -0.280. The van der Waals surface area contributed by atoms with Crippen LogP contribution >= 0.6 is 11.3 Å². The molecule has 0 spiro atoms. The lowest BCUT2D eigenvalue weighted by molar-refractivity contribution is -0.714. The van der Waals surface area contributed by atoms with Gasteiger partial charge in [0.1, 0.15) is 16.2 Å². The molecule has 0 bridgehead atoms. The Morgan fingerprint density at radius 3 is 2.46 bits per heavy atom. The lowest BCUT2D eigenvalue weighted by Crippen LogP contribution is -2.96. The van der Waals surface area contributed by atoms with Crippen LogP contribution in [0.3, 0.4) is 0 Å². The summed E-state index contributed by atoms with van der Waals surface area (Å²) in [5, 5.41) is 26.0. The summed E-state index contributed by atoms with van der Waals surface area (Å²) in [6, 6.07) is 5.91. The highest BCUT2D eigenvalue weighted by atomic mass is 32.1. The van der Waals surface area contributed by atoms with Gasteiger partial charge in [0.15, 0.2) is 10.8 Å². The Labute approximate surface area is 154 Å². The number of thiazole rings is 1. The SMILES string of the molecule is Cc1nc(NC(=O)OC(C)(C)C)sc1C(=O)Nc1ccccc1[NH+]([O-])[O-]. The molecule has 2 amide bonds. The molecule has 0 aliphatic carbocycles. The Morgan fingerprint density at radius 1 is 1.19 bits per heavy atom. The monoisotopic (exact) mass is 379 g/mol. The van der Waals surface area contributed by atoms with Gasteiger partial charge >= 0.3 is 6.09 Å². The van der Waals surface area contributed by atoms with Crippen molar-refractivity contribution < 1.29 is 19.6 Å². The smallest absolute Gasteiger partial charge is 0.413 e. The van der Waals surface area contributed by atoms with E-state index in [4.69, 9.17) is 4.74 Å². The number of nitrogens with one attached hydrogen (secondary N) is 3. The second kappa shape index (κ2) is 7.79. The summed E-state index contributed by atoms with van der Waals surface area (Å²) in [7, 11) is 0. The fraction of sp³-hybridized carbons (Fsp3) is 0.312. The Bertz CT molecular complexity index is 813. The van der Waals surface area contributed by atoms with Gasteiger partial charge in [0.05, 0.1) is 5.69 Å². The number of carbonyl (C=O) groups is 2. The van der Waals surface area contributed by atoms with E-state index in [0.29, 0.717) is 5.69 Å². The number of carbonyl (C=O) groups excluding carboxylic acids is 2. The first kappa shape index (κ1) is 19.8. The van der Waals surface area contributed by atoms with Gasteiger partial charge in [-0.25, -0.2) is 9.78 Å². The molecule has 1 aromatic heterocycles. The number of aromatic nitrogens is 1. The van der Waals surface area contributed by atoms with Gasteiger partial charge in [-0.15, -0.1) is 0 Å². The molecule has 0 aliphatic rings. The Kier molecular flexibility index (Phi) is 5.93. The van der Waals surface area contributed by atoms with Gasteiger partial charge in [-0.1, -0.05) is 23.5 Å². The van der Waals surface area contributed by atoms with E-state index >= 15 is 0 Å². The lowest BCUT2D eigenvalue weighted by Gasteiger charge is -2.26. The maximum absolute atomic E-state index is 12.4. The van der Waals surface area contributed by atoms with Crippen molar-refractivity contribution in [2.24, 2.45) is 0 Å². The van der Waals surface area contributed by atoms with E-state index in [0.717, 1.165) is 11.3 Å². The van der Waals surface area contributed by atoms with Gasteiger partial charge in [0.2, 0.25) is 0 Å². The molecule has 0 unspecified atom stereocenters. The number of ether oxygens (including phenoxy) is 1. The zero-order valence-electron chi connectivity index (χ0n) is 14.7. The van der Waals surface area contributed by atoms with Crippen molar-refractivity contribution in [3.05, 3.63) is 45.3 Å². The minimum Gasteiger partial charge on any atom is -0.628 e. The van der Waals surface area contributed by atoms with E-state index in [1.54, 1.807) is 33.8 Å². The number of anilines is 2. The number of amides is 2. The van der Waals surface area contributed by atoms with Crippen LogP contribution in [0.2, 0.25) is 0 Å². The van der Waals surface area contributed by atoms with E-state index in [-0.39, 0.29) is 21.4 Å². The molecule has 3 N–H and O–H groups in total. The normalized spacial score (nSPS) is 11.3. The summed E-state index contributed by atoms with van der Waals surface area (Å²) in [4.78, 5) is 28.6. The van der Waals surface area contributed by atoms with Crippen LogP contribution in [-0.2, 0) is 4.74 Å². The van der Waals surface area contributed by atoms with Gasteiger partial charge in [0, 0.05) is 6.07 Å².